The van der Waals surface area contributed by atoms with Gasteiger partial charge < -0.3 is 29.6 Å². The summed E-state index contributed by atoms with van der Waals surface area (Å²) in [4.78, 5) is 4.26. The molecule has 0 bridgehead atoms. The van der Waals surface area contributed by atoms with Crippen molar-refractivity contribution in [1.82, 2.24) is 10.6 Å². The average Bonchev–Trinajstić information content (AvgIpc) is 3.25. The second kappa shape index (κ2) is 15.6. The lowest BCUT2D eigenvalue weighted by Crippen LogP contribution is -2.38. The van der Waals surface area contributed by atoms with Gasteiger partial charge in [-0.2, -0.15) is 0 Å². The number of guanidine groups is 1. The van der Waals surface area contributed by atoms with Gasteiger partial charge in [0, 0.05) is 33.4 Å². The third-order valence-electron chi connectivity index (χ3n) is 4.69. The van der Waals surface area contributed by atoms with Crippen molar-refractivity contribution in [1.29, 1.82) is 0 Å². The number of nitrogens with zero attached hydrogens (tertiary/aromatic N) is 1. The van der Waals surface area contributed by atoms with Crippen molar-refractivity contribution < 1.29 is 18.9 Å². The van der Waals surface area contributed by atoms with Crippen LogP contribution < -0.4 is 20.1 Å². The van der Waals surface area contributed by atoms with Crippen molar-refractivity contribution in [2.45, 2.75) is 38.2 Å². The van der Waals surface area contributed by atoms with Crippen molar-refractivity contribution >= 4 is 29.9 Å². The zero-order valence-corrected chi connectivity index (χ0v) is 20.2. The summed E-state index contributed by atoms with van der Waals surface area (Å²) < 4.78 is 21.8. The van der Waals surface area contributed by atoms with Crippen molar-refractivity contribution in [3.8, 4) is 11.5 Å². The summed E-state index contributed by atoms with van der Waals surface area (Å²) in [6, 6.07) is 6.05. The first-order chi connectivity index (χ1) is 13.8. The zero-order valence-electron chi connectivity index (χ0n) is 17.9. The predicted molar refractivity (Wildman–Crippen MR) is 127 cm³/mol. The first-order valence-corrected chi connectivity index (χ1v) is 10.1. The van der Waals surface area contributed by atoms with Crippen LogP contribution in [0.5, 0.6) is 11.5 Å². The van der Waals surface area contributed by atoms with E-state index in [1.54, 1.807) is 21.3 Å². The Kier molecular flexibility index (Phi) is 13.8. The van der Waals surface area contributed by atoms with Gasteiger partial charge in [-0.3, -0.25) is 4.99 Å². The van der Waals surface area contributed by atoms with Gasteiger partial charge in [0.2, 0.25) is 0 Å². The Morgan fingerprint density at radius 2 is 1.90 bits per heavy atom. The third-order valence-corrected chi connectivity index (χ3v) is 4.69. The molecule has 1 aromatic rings. The second-order valence-electron chi connectivity index (χ2n) is 6.78. The minimum atomic E-state index is 0. The van der Waals surface area contributed by atoms with E-state index in [0.29, 0.717) is 12.7 Å². The number of halogens is 1. The predicted octanol–water partition coefficient (Wildman–Crippen LogP) is 3.01. The molecule has 0 saturated carbocycles. The lowest BCUT2D eigenvalue weighted by molar-refractivity contribution is 0.0168. The molecule has 8 heteroatoms. The Balaban J connectivity index is 0.00000420. The van der Waals surface area contributed by atoms with E-state index in [-0.39, 0.29) is 24.0 Å². The van der Waals surface area contributed by atoms with E-state index in [2.05, 4.69) is 21.7 Å². The van der Waals surface area contributed by atoms with E-state index in [9.17, 15) is 0 Å². The van der Waals surface area contributed by atoms with Gasteiger partial charge in [0.1, 0.15) is 0 Å². The molecule has 0 spiro atoms. The quantitative estimate of drug-likeness (QED) is 0.191. The number of hydrogen-bond acceptors (Lipinski definition) is 5. The average molecular weight is 521 g/mol. The maximum atomic E-state index is 5.67. The van der Waals surface area contributed by atoms with Crippen LogP contribution in [0.4, 0.5) is 0 Å². The molecule has 29 heavy (non-hydrogen) atoms. The molecule has 1 unspecified atom stereocenters. The fourth-order valence-electron chi connectivity index (χ4n) is 3.13. The largest absolute Gasteiger partial charge is 0.493 e. The summed E-state index contributed by atoms with van der Waals surface area (Å²) in [5.74, 6) is 2.35. The van der Waals surface area contributed by atoms with E-state index >= 15 is 0 Å². The Morgan fingerprint density at radius 3 is 2.55 bits per heavy atom. The van der Waals surface area contributed by atoms with Crippen molar-refractivity contribution in [2.24, 2.45) is 4.99 Å². The van der Waals surface area contributed by atoms with Crippen LogP contribution in [0.3, 0.4) is 0 Å². The normalized spacial score (nSPS) is 16.2. The molecule has 1 heterocycles. The number of aryl methyl sites for hydroxylation is 1. The van der Waals surface area contributed by atoms with Gasteiger partial charge in [-0.1, -0.05) is 6.07 Å². The van der Waals surface area contributed by atoms with Crippen LogP contribution in [0.25, 0.3) is 0 Å². The molecule has 1 aromatic carbocycles. The topological polar surface area (TPSA) is 73.3 Å². The molecule has 1 atom stereocenters. The number of methoxy groups -OCH3 is 2. The van der Waals surface area contributed by atoms with Crippen molar-refractivity contribution in [2.75, 3.05) is 54.2 Å². The molecule has 1 aliphatic heterocycles. The number of aliphatic imine (C=N–C) groups is 1. The number of benzene rings is 1. The Labute approximate surface area is 191 Å². The van der Waals surface area contributed by atoms with Crippen molar-refractivity contribution in [3.63, 3.8) is 0 Å². The fourth-order valence-corrected chi connectivity index (χ4v) is 3.13. The summed E-state index contributed by atoms with van der Waals surface area (Å²) in [5, 5.41) is 6.67. The third kappa shape index (κ3) is 9.86. The van der Waals surface area contributed by atoms with Crippen LogP contribution in [0.1, 0.15) is 31.2 Å². The highest BCUT2D eigenvalue weighted by atomic mass is 127. The molecule has 2 N–H and O–H groups in total. The molecular formula is C21H36IN3O4. The standard InChI is InChI=1S/C21H35N3O4.HI/c1-22-21(24-12-6-13-27-16-18-8-5-14-28-18)23-11-4-7-17-9-10-19(25-2)20(15-17)26-3;/h9-10,15,18H,4-8,11-14,16H2,1-3H3,(H2,22,23,24);1H. The molecule has 1 fully saturated rings. The van der Waals surface area contributed by atoms with E-state index in [0.717, 1.165) is 75.9 Å². The summed E-state index contributed by atoms with van der Waals surface area (Å²) in [6.07, 6.45) is 5.48. The summed E-state index contributed by atoms with van der Waals surface area (Å²) >= 11 is 0. The number of nitrogens with one attached hydrogen (secondary N) is 2. The van der Waals surface area contributed by atoms with Gasteiger partial charge in [0.25, 0.3) is 0 Å². The van der Waals surface area contributed by atoms with E-state index in [1.807, 2.05) is 12.1 Å². The van der Waals surface area contributed by atoms with Crippen LogP contribution in [0, 0.1) is 0 Å². The zero-order chi connectivity index (χ0) is 20.0. The highest BCUT2D eigenvalue weighted by molar-refractivity contribution is 14.0. The lowest BCUT2D eigenvalue weighted by Gasteiger charge is -2.13. The van der Waals surface area contributed by atoms with Crippen LogP contribution >= 0.6 is 24.0 Å². The Bertz CT molecular complexity index is 595. The molecule has 0 aliphatic carbocycles. The monoisotopic (exact) mass is 521 g/mol. The first-order valence-electron chi connectivity index (χ1n) is 10.1. The highest BCUT2D eigenvalue weighted by Crippen LogP contribution is 2.27. The fraction of sp³-hybridized carbons (Fsp3) is 0.667. The summed E-state index contributed by atoms with van der Waals surface area (Å²) in [5.41, 5.74) is 1.23. The van der Waals surface area contributed by atoms with Gasteiger partial charge in [0.15, 0.2) is 17.5 Å². The van der Waals surface area contributed by atoms with Crippen molar-refractivity contribution in [3.05, 3.63) is 23.8 Å². The van der Waals surface area contributed by atoms with Crippen LogP contribution in [-0.2, 0) is 15.9 Å². The van der Waals surface area contributed by atoms with Gasteiger partial charge in [-0.15, -0.1) is 24.0 Å². The molecular weight excluding hydrogens is 485 g/mol. The molecule has 0 aromatic heterocycles. The Morgan fingerprint density at radius 1 is 1.14 bits per heavy atom. The first kappa shape index (κ1) is 25.8. The summed E-state index contributed by atoms with van der Waals surface area (Å²) in [7, 11) is 5.10. The molecule has 2 rings (SSSR count). The molecule has 0 amide bonds. The van der Waals surface area contributed by atoms with E-state index in [1.165, 1.54) is 5.56 Å². The molecule has 1 aliphatic rings. The van der Waals surface area contributed by atoms with Crippen LogP contribution in [0.15, 0.2) is 23.2 Å². The van der Waals surface area contributed by atoms with Gasteiger partial charge >= 0.3 is 0 Å². The maximum Gasteiger partial charge on any atom is 0.190 e. The van der Waals surface area contributed by atoms with Crippen LogP contribution in [0.2, 0.25) is 0 Å². The smallest absolute Gasteiger partial charge is 0.190 e. The number of rotatable bonds is 12. The molecule has 0 radical (unpaired) electrons. The second-order valence-corrected chi connectivity index (χ2v) is 6.78. The maximum absolute atomic E-state index is 5.67. The highest BCUT2D eigenvalue weighted by Gasteiger charge is 2.14. The lowest BCUT2D eigenvalue weighted by atomic mass is 10.1. The molecule has 7 nitrogen and oxygen atoms in total. The number of hydrogen-bond donors (Lipinski definition) is 2. The molecule has 166 valence electrons. The SMILES string of the molecule is CN=C(NCCCOCC1CCCO1)NCCCc1ccc(OC)c(OC)c1.I. The van der Waals surface area contributed by atoms with Crippen LogP contribution in [-0.4, -0.2) is 66.2 Å². The number of ether oxygens (including phenoxy) is 4. The minimum Gasteiger partial charge on any atom is -0.493 e. The molecule has 1 saturated heterocycles. The van der Waals surface area contributed by atoms with E-state index in [4.69, 9.17) is 18.9 Å². The van der Waals surface area contributed by atoms with Gasteiger partial charge in [0.05, 0.1) is 26.9 Å². The van der Waals surface area contributed by atoms with E-state index < -0.39 is 0 Å². The van der Waals surface area contributed by atoms with Gasteiger partial charge in [-0.05, 0) is 49.8 Å². The Hall–Kier alpha value is -1.26. The summed E-state index contributed by atoms with van der Waals surface area (Å²) in [6.45, 7) is 4.01. The van der Waals surface area contributed by atoms with Gasteiger partial charge in [-0.25, -0.2) is 0 Å². The minimum absolute atomic E-state index is 0.